The van der Waals surface area contributed by atoms with Gasteiger partial charge in [0.15, 0.2) is 0 Å². The van der Waals surface area contributed by atoms with Crippen LogP contribution in [-0.4, -0.2) is 49.2 Å². The molecule has 0 spiro atoms. The molecule has 2 heterocycles. The van der Waals surface area contributed by atoms with Crippen molar-refractivity contribution < 1.29 is 4.79 Å². The van der Waals surface area contributed by atoms with E-state index < -0.39 is 0 Å². The van der Waals surface area contributed by atoms with E-state index in [9.17, 15) is 4.79 Å². The summed E-state index contributed by atoms with van der Waals surface area (Å²) in [7, 11) is 0. The topological polar surface area (TPSA) is 71.7 Å². The number of nitrogens with zero attached hydrogens (tertiary/aromatic N) is 2. The van der Waals surface area contributed by atoms with Gasteiger partial charge in [-0.3, -0.25) is 4.79 Å². The number of aryl methyl sites for hydroxylation is 3. The lowest BCUT2D eigenvalue weighted by molar-refractivity contribution is -0.133. The summed E-state index contributed by atoms with van der Waals surface area (Å²) in [6.07, 6.45) is -0.225. The molecular formula is C23H32N6O. The summed E-state index contributed by atoms with van der Waals surface area (Å²) in [6, 6.07) is 12.3. The van der Waals surface area contributed by atoms with Gasteiger partial charge in [-0.2, -0.15) is 5.53 Å². The molecular weight excluding hydrogens is 376 g/mol. The van der Waals surface area contributed by atoms with Crippen molar-refractivity contribution in [1.82, 2.24) is 21.3 Å². The maximum atomic E-state index is 13.2. The molecule has 4 rings (SSSR count). The summed E-state index contributed by atoms with van der Waals surface area (Å²) >= 11 is 0. The summed E-state index contributed by atoms with van der Waals surface area (Å²) in [4.78, 5) is 17.6. The van der Waals surface area contributed by atoms with Crippen LogP contribution < -0.4 is 26.6 Å². The first kappa shape index (κ1) is 20.7. The van der Waals surface area contributed by atoms with Crippen molar-refractivity contribution in [3.63, 3.8) is 0 Å². The minimum Gasteiger partial charge on any atom is -0.368 e. The average molecular weight is 409 g/mol. The number of hydrazine groups is 2. The number of rotatable bonds is 4. The van der Waals surface area contributed by atoms with Crippen molar-refractivity contribution in [2.45, 2.75) is 39.9 Å². The number of anilines is 2. The van der Waals surface area contributed by atoms with Crippen LogP contribution >= 0.6 is 0 Å². The van der Waals surface area contributed by atoms with Crippen LogP contribution in [0.4, 0.5) is 11.4 Å². The maximum absolute atomic E-state index is 13.2. The third kappa shape index (κ3) is 4.14. The Balaban J connectivity index is 1.38. The van der Waals surface area contributed by atoms with Gasteiger partial charge >= 0.3 is 0 Å². The van der Waals surface area contributed by atoms with Gasteiger partial charge in [0, 0.05) is 37.6 Å². The van der Waals surface area contributed by atoms with Crippen LogP contribution in [0.15, 0.2) is 36.4 Å². The van der Waals surface area contributed by atoms with E-state index in [0.717, 1.165) is 31.9 Å². The van der Waals surface area contributed by atoms with Gasteiger partial charge in [-0.1, -0.05) is 18.2 Å². The normalized spacial score (nSPS) is 21.7. The first-order valence-corrected chi connectivity index (χ1v) is 10.6. The zero-order valence-corrected chi connectivity index (χ0v) is 18.2. The fourth-order valence-corrected chi connectivity index (χ4v) is 4.14. The Morgan fingerprint density at radius 1 is 0.933 bits per heavy atom. The number of carbonyl (C=O) groups is 1. The summed E-state index contributed by atoms with van der Waals surface area (Å²) in [5.74, 6) is 0.106. The molecule has 0 saturated carbocycles. The predicted molar refractivity (Wildman–Crippen MR) is 121 cm³/mol. The average Bonchev–Trinajstić information content (AvgIpc) is 3.20. The second-order valence-electron chi connectivity index (χ2n) is 8.34. The second-order valence-corrected chi connectivity index (χ2v) is 8.34. The molecule has 0 radical (unpaired) electrons. The molecule has 2 aliphatic heterocycles. The van der Waals surface area contributed by atoms with Crippen molar-refractivity contribution in [3.05, 3.63) is 58.7 Å². The minimum atomic E-state index is -0.376. The molecule has 2 aromatic rings. The molecule has 2 saturated heterocycles. The number of hydrogen-bond donors (Lipinski definition) is 4. The van der Waals surface area contributed by atoms with Crippen LogP contribution in [0.25, 0.3) is 0 Å². The predicted octanol–water partition coefficient (Wildman–Crippen LogP) is 1.99. The first-order valence-electron chi connectivity index (χ1n) is 10.6. The van der Waals surface area contributed by atoms with Crippen molar-refractivity contribution in [2.75, 3.05) is 36.4 Å². The molecule has 2 fully saturated rings. The molecule has 7 nitrogen and oxygen atoms in total. The molecule has 7 heteroatoms. The van der Waals surface area contributed by atoms with Crippen LogP contribution in [-0.2, 0) is 4.79 Å². The summed E-state index contributed by atoms with van der Waals surface area (Å²) in [6.45, 7) is 11.6. The van der Waals surface area contributed by atoms with E-state index in [1.807, 2.05) is 11.0 Å². The van der Waals surface area contributed by atoms with E-state index >= 15 is 0 Å². The van der Waals surface area contributed by atoms with E-state index in [-0.39, 0.29) is 18.1 Å². The van der Waals surface area contributed by atoms with Gasteiger partial charge in [-0.05, 0) is 68.1 Å². The Hall–Kier alpha value is -2.61. The second kappa shape index (κ2) is 8.63. The highest BCUT2D eigenvalue weighted by atomic mass is 16.2. The molecule has 0 aliphatic carbocycles. The molecule has 160 valence electrons. The molecule has 2 atom stereocenters. The van der Waals surface area contributed by atoms with Gasteiger partial charge in [-0.25, -0.2) is 10.9 Å². The van der Waals surface area contributed by atoms with E-state index in [1.54, 1.807) is 0 Å². The zero-order valence-electron chi connectivity index (χ0n) is 18.2. The van der Waals surface area contributed by atoms with Crippen LogP contribution in [0.5, 0.6) is 0 Å². The van der Waals surface area contributed by atoms with E-state index in [2.05, 4.69) is 84.6 Å². The molecule has 30 heavy (non-hydrogen) atoms. The largest absolute Gasteiger partial charge is 0.368 e. The maximum Gasteiger partial charge on any atom is 0.244 e. The fraction of sp³-hybridized carbons (Fsp3) is 0.435. The van der Waals surface area contributed by atoms with Crippen molar-refractivity contribution in [1.29, 1.82) is 0 Å². The standard InChI is InChI=1S/C23H32N6O/c1-15-8-9-19(14-17(15)3)24-22-21(25-27-26-22)23(30)29-12-10-28(11-13-29)20-7-5-6-16(2)18(20)4/h5-9,14,21-22,24-27H,10-13H2,1-4H3. The van der Waals surface area contributed by atoms with Crippen LogP contribution in [0.1, 0.15) is 22.3 Å². The monoisotopic (exact) mass is 408 g/mol. The third-order valence-electron chi connectivity index (χ3n) is 6.39. The molecule has 0 bridgehead atoms. The number of amides is 1. The van der Waals surface area contributed by atoms with E-state index in [4.69, 9.17) is 0 Å². The molecule has 4 N–H and O–H groups in total. The molecule has 2 aromatic carbocycles. The van der Waals surface area contributed by atoms with E-state index in [0.29, 0.717) is 0 Å². The number of nitrogens with one attached hydrogen (secondary N) is 4. The van der Waals surface area contributed by atoms with Gasteiger partial charge in [0.2, 0.25) is 5.91 Å². The van der Waals surface area contributed by atoms with Gasteiger partial charge in [0.25, 0.3) is 0 Å². The van der Waals surface area contributed by atoms with Crippen LogP contribution in [0.3, 0.4) is 0 Å². The number of piperazine rings is 1. The highest BCUT2D eigenvalue weighted by Crippen LogP contribution is 2.24. The first-order chi connectivity index (χ1) is 14.4. The van der Waals surface area contributed by atoms with Gasteiger partial charge in [-0.15, -0.1) is 0 Å². The lowest BCUT2D eigenvalue weighted by Crippen LogP contribution is -2.57. The van der Waals surface area contributed by atoms with Crippen molar-refractivity contribution >= 4 is 17.3 Å². The SMILES string of the molecule is Cc1ccc(NC2NNNC2C(=O)N2CCN(c3cccc(C)c3C)CC2)cc1C. The molecule has 2 unspecified atom stereocenters. The zero-order chi connectivity index (χ0) is 21.3. The van der Waals surface area contributed by atoms with Gasteiger partial charge in [0.05, 0.1) is 0 Å². The summed E-state index contributed by atoms with van der Waals surface area (Å²) in [5.41, 5.74) is 16.5. The summed E-state index contributed by atoms with van der Waals surface area (Å²) < 4.78 is 0. The van der Waals surface area contributed by atoms with E-state index in [1.165, 1.54) is 27.9 Å². The Kier molecular flexibility index (Phi) is 5.94. The summed E-state index contributed by atoms with van der Waals surface area (Å²) in [5, 5.41) is 3.43. The van der Waals surface area contributed by atoms with Gasteiger partial charge < -0.3 is 15.1 Å². The van der Waals surface area contributed by atoms with Crippen molar-refractivity contribution in [2.24, 2.45) is 0 Å². The lowest BCUT2D eigenvalue weighted by Gasteiger charge is -2.38. The Morgan fingerprint density at radius 2 is 1.70 bits per heavy atom. The van der Waals surface area contributed by atoms with Crippen molar-refractivity contribution in [3.8, 4) is 0 Å². The number of carbonyl (C=O) groups excluding carboxylic acids is 1. The Labute approximate surface area is 178 Å². The molecule has 0 aromatic heterocycles. The smallest absolute Gasteiger partial charge is 0.244 e. The third-order valence-corrected chi connectivity index (χ3v) is 6.39. The Morgan fingerprint density at radius 3 is 2.43 bits per heavy atom. The highest BCUT2D eigenvalue weighted by Gasteiger charge is 2.36. The fourth-order valence-electron chi connectivity index (χ4n) is 4.14. The van der Waals surface area contributed by atoms with Crippen LogP contribution in [0.2, 0.25) is 0 Å². The van der Waals surface area contributed by atoms with Gasteiger partial charge in [0.1, 0.15) is 12.2 Å². The Bertz CT molecular complexity index is 922. The highest BCUT2D eigenvalue weighted by molar-refractivity contribution is 5.83. The number of hydrogen-bond acceptors (Lipinski definition) is 6. The minimum absolute atomic E-state index is 0.106. The lowest BCUT2D eigenvalue weighted by atomic mass is 10.1. The van der Waals surface area contributed by atoms with Crippen LogP contribution in [0, 0.1) is 27.7 Å². The molecule has 1 amide bonds. The molecule has 2 aliphatic rings. The quantitative estimate of drug-likeness (QED) is 0.620. The number of benzene rings is 2.